The number of pyridine rings is 2. The Balaban J connectivity index is 1.67. The van der Waals surface area contributed by atoms with Crippen LogP contribution in [-0.2, 0) is 7.05 Å². The molecule has 5 heteroatoms. The van der Waals surface area contributed by atoms with E-state index in [2.05, 4.69) is 50.7 Å². The molecule has 0 aliphatic rings. The van der Waals surface area contributed by atoms with Crippen molar-refractivity contribution in [2.24, 2.45) is 7.05 Å². The first-order valence-corrected chi connectivity index (χ1v) is 8.87. The third kappa shape index (κ3) is 3.58. The first kappa shape index (κ1) is 17.0. The van der Waals surface area contributed by atoms with Gasteiger partial charge >= 0.3 is 0 Å². The van der Waals surface area contributed by atoms with E-state index in [4.69, 9.17) is 0 Å². The van der Waals surface area contributed by atoms with Gasteiger partial charge in [0.15, 0.2) is 0 Å². The highest BCUT2D eigenvalue weighted by Crippen LogP contribution is 2.26. The van der Waals surface area contributed by atoms with Crippen LogP contribution in [-0.4, -0.2) is 19.7 Å². The zero-order valence-electron chi connectivity index (χ0n) is 15.6. The van der Waals surface area contributed by atoms with Gasteiger partial charge in [0.1, 0.15) is 5.82 Å². The minimum absolute atomic E-state index is 0.813. The Morgan fingerprint density at radius 3 is 2.63 bits per heavy atom. The number of benzene rings is 1. The molecule has 0 saturated carbocycles. The van der Waals surface area contributed by atoms with Crippen LogP contribution in [0.3, 0.4) is 0 Å². The summed E-state index contributed by atoms with van der Waals surface area (Å²) in [4.78, 5) is 8.83. The second-order valence-corrected chi connectivity index (χ2v) is 6.55. The monoisotopic (exact) mass is 355 g/mol. The van der Waals surface area contributed by atoms with Crippen molar-refractivity contribution in [2.45, 2.75) is 13.8 Å². The van der Waals surface area contributed by atoms with Crippen LogP contribution in [0, 0.1) is 6.92 Å². The van der Waals surface area contributed by atoms with Crippen LogP contribution >= 0.6 is 0 Å². The summed E-state index contributed by atoms with van der Waals surface area (Å²) in [5, 5.41) is 9.94. The van der Waals surface area contributed by atoms with E-state index in [1.54, 1.807) is 0 Å². The fraction of sp³-hybridized carbons (Fsp3) is 0.136. The third-order valence-corrected chi connectivity index (χ3v) is 4.52. The summed E-state index contributed by atoms with van der Waals surface area (Å²) < 4.78 is 1.81. The largest absolute Gasteiger partial charge is 0.340 e. The number of aryl methyl sites for hydroxylation is 2. The SMILES string of the molecule is C/C=C(\Nc1cc2cc(-c3cnn(C)c3)ccc2cn1)c1ccnc(C)c1. The topological polar surface area (TPSA) is 55.6 Å². The minimum Gasteiger partial charge on any atom is -0.340 e. The van der Waals surface area contributed by atoms with E-state index >= 15 is 0 Å². The zero-order valence-corrected chi connectivity index (χ0v) is 15.6. The molecule has 0 spiro atoms. The van der Waals surface area contributed by atoms with Crippen LogP contribution in [0.4, 0.5) is 5.82 Å². The van der Waals surface area contributed by atoms with Crippen molar-refractivity contribution in [3.05, 3.63) is 78.5 Å². The lowest BCUT2D eigenvalue weighted by atomic mass is 10.0. The Morgan fingerprint density at radius 1 is 1.00 bits per heavy atom. The first-order valence-electron chi connectivity index (χ1n) is 8.87. The van der Waals surface area contributed by atoms with E-state index < -0.39 is 0 Å². The number of allylic oxidation sites excluding steroid dienone is 1. The molecule has 4 aromatic rings. The number of fused-ring (bicyclic) bond motifs is 1. The van der Waals surface area contributed by atoms with E-state index in [9.17, 15) is 0 Å². The maximum absolute atomic E-state index is 4.57. The molecule has 3 heterocycles. The predicted octanol–water partition coefficient (Wildman–Crippen LogP) is 4.81. The van der Waals surface area contributed by atoms with Crippen LogP contribution < -0.4 is 5.32 Å². The summed E-state index contributed by atoms with van der Waals surface area (Å²) >= 11 is 0. The first-order chi connectivity index (χ1) is 13.1. The van der Waals surface area contributed by atoms with Crippen molar-refractivity contribution in [2.75, 3.05) is 5.32 Å². The number of aromatic nitrogens is 4. The van der Waals surface area contributed by atoms with E-state index in [0.29, 0.717) is 0 Å². The van der Waals surface area contributed by atoms with Gasteiger partial charge in [-0.2, -0.15) is 5.10 Å². The van der Waals surface area contributed by atoms with Gasteiger partial charge in [0.2, 0.25) is 0 Å². The molecule has 1 N–H and O–H groups in total. The quantitative estimate of drug-likeness (QED) is 0.571. The summed E-state index contributed by atoms with van der Waals surface area (Å²) in [6.07, 6.45) is 9.67. The normalized spacial score (nSPS) is 11.7. The van der Waals surface area contributed by atoms with Gasteiger partial charge in [0.25, 0.3) is 0 Å². The van der Waals surface area contributed by atoms with Crippen molar-refractivity contribution in [1.29, 1.82) is 0 Å². The van der Waals surface area contributed by atoms with Crippen molar-refractivity contribution in [1.82, 2.24) is 19.7 Å². The minimum atomic E-state index is 0.813. The molecule has 0 amide bonds. The molecule has 4 rings (SSSR count). The predicted molar refractivity (Wildman–Crippen MR) is 110 cm³/mol. The summed E-state index contributed by atoms with van der Waals surface area (Å²) in [5.41, 5.74) is 5.34. The molecule has 27 heavy (non-hydrogen) atoms. The van der Waals surface area contributed by atoms with Gasteiger partial charge in [-0.05, 0) is 49.1 Å². The van der Waals surface area contributed by atoms with Crippen LogP contribution in [0.15, 0.2) is 67.3 Å². The van der Waals surface area contributed by atoms with Crippen LogP contribution in [0.2, 0.25) is 0 Å². The Bertz CT molecular complexity index is 1140. The van der Waals surface area contributed by atoms with Crippen molar-refractivity contribution < 1.29 is 0 Å². The Hall–Kier alpha value is -3.47. The number of hydrogen-bond acceptors (Lipinski definition) is 4. The Kier molecular flexibility index (Phi) is 4.42. The standard InChI is InChI=1S/C22H21N5/c1-4-21(17-7-8-23-15(2)9-17)26-22-11-19-10-16(5-6-18(19)12-24-22)20-13-25-27(3)14-20/h4-14H,1-3H3,(H,24,26)/b21-4-. The number of nitrogens with one attached hydrogen (secondary N) is 1. The summed E-state index contributed by atoms with van der Waals surface area (Å²) in [5.74, 6) is 0.813. The Labute approximate surface area is 158 Å². The molecule has 0 saturated heterocycles. The molecule has 0 bridgehead atoms. The molecular formula is C22H21N5. The molecule has 1 aromatic carbocycles. The molecule has 0 atom stereocenters. The maximum Gasteiger partial charge on any atom is 0.130 e. The molecular weight excluding hydrogens is 334 g/mol. The highest BCUT2D eigenvalue weighted by Gasteiger charge is 2.06. The molecule has 5 nitrogen and oxygen atoms in total. The number of anilines is 1. The van der Waals surface area contributed by atoms with Gasteiger partial charge in [0, 0.05) is 53.5 Å². The van der Waals surface area contributed by atoms with Crippen molar-refractivity contribution in [3.63, 3.8) is 0 Å². The average molecular weight is 355 g/mol. The second kappa shape index (κ2) is 7.03. The lowest BCUT2D eigenvalue weighted by Crippen LogP contribution is -2.01. The van der Waals surface area contributed by atoms with E-state index in [0.717, 1.165) is 44.7 Å². The van der Waals surface area contributed by atoms with Crippen LogP contribution in [0.1, 0.15) is 18.2 Å². The van der Waals surface area contributed by atoms with Crippen LogP contribution in [0.25, 0.3) is 27.6 Å². The zero-order chi connectivity index (χ0) is 18.8. The molecule has 0 unspecified atom stereocenters. The van der Waals surface area contributed by atoms with Gasteiger partial charge in [-0.1, -0.05) is 18.2 Å². The second-order valence-electron chi connectivity index (χ2n) is 6.55. The number of rotatable bonds is 4. The van der Waals surface area contributed by atoms with E-state index in [-0.39, 0.29) is 0 Å². The van der Waals surface area contributed by atoms with Crippen LogP contribution in [0.5, 0.6) is 0 Å². The van der Waals surface area contributed by atoms with Gasteiger partial charge in [-0.15, -0.1) is 0 Å². The van der Waals surface area contributed by atoms with Gasteiger partial charge in [0.05, 0.1) is 6.20 Å². The molecule has 0 radical (unpaired) electrons. The molecule has 0 aliphatic heterocycles. The lowest BCUT2D eigenvalue weighted by molar-refractivity contribution is 0.768. The lowest BCUT2D eigenvalue weighted by Gasteiger charge is -2.12. The summed E-state index contributed by atoms with van der Waals surface area (Å²) in [6.45, 7) is 4.00. The fourth-order valence-electron chi connectivity index (χ4n) is 3.12. The molecule has 134 valence electrons. The highest BCUT2D eigenvalue weighted by molar-refractivity contribution is 5.89. The third-order valence-electron chi connectivity index (χ3n) is 4.52. The number of nitrogens with zero attached hydrogens (tertiary/aromatic N) is 4. The molecule has 0 fully saturated rings. The smallest absolute Gasteiger partial charge is 0.130 e. The van der Waals surface area contributed by atoms with Gasteiger partial charge in [-0.3, -0.25) is 9.67 Å². The van der Waals surface area contributed by atoms with E-state index in [1.807, 2.05) is 62.5 Å². The molecule has 3 aromatic heterocycles. The Morgan fingerprint density at radius 2 is 1.89 bits per heavy atom. The van der Waals surface area contributed by atoms with Crippen molar-refractivity contribution >= 4 is 22.3 Å². The van der Waals surface area contributed by atoms with Gasteiger partial charge in [-0.25, -0.2) is 4.98 Å². The summed E-state index contributed by atoms with van der Waals surface area (Å²) in [6, 6.07) is 12.5. The average Bonchev–Trinajstić information content (AvgIpc) is 3.12. The molecule has 0 aliphatic carbocycles. The van der Waals surface area contributed by atoms with Gasteiger partial charge < -0.3 is 5.32 Å². The highest BCUT2D eigenvalue weighted by atomic mass is 15.2. The summed E-state index contributed by atoms with van der Waals surface area (Å²) in [7, 11) is 1.93. The fourth-order valence-corrected chi connectivity index (χ4v) is 3.12. The maximum atomic E-state index is 4.57. The van der Waals surface area contributed by atoms with Crippen molar-refractivity contribution in [3.8, 4) is 11.1 Å². The van der Waals surface area contributed by atoms with E-state index in [1.165, 1.54) is 0 Å². The number of hydrogen-bond donors (Lipinski definition) is 1.